The molecule has 2 aromatic heterocycles. The van der Waals surface area contributed by atoms with Crippen LogP contribution in [0.2, 0.25) is 5.02 Å². The van der Waals surface area contributed by atoms with Crippen molar-refractivity contribution in [1.29, 1.82) is 0 Å². The number of nitrogens with zero attached hydrogens (tertiary/aromatic N) is 1. The molecule has 0 unspecified atom stereocenters. The molecule has 0 radical (unpaired) electrons. The fourth-order valence-corrected chi connectivity index (χ4v) is 4.96. The molecule has 0 bridgehead atoms. The Morgan fingerprint density at radius 3 is 2.80 bits per heavy atom. The molecule has 126 valence electrons. The van der Waals surface area contributed by atoms with Crippen LogP contribution in [-0.4, -0.2) is 18.0 Å². The maximum Gasteiger partial charge on any atom is 0.269 e. The normalized spacial score (nSPS) is 11.2. The molecule has 0 aliphatic heterocycles. The van der Waals surface area contributed by atoms with Crippen LogP contribution in [0.5, 0.6) is 5.75 Å². The minimum Gasteiger partial charge on any atom is -0.497 e. The molecule has 4 rings (SSSR count). The highest BCUT2D eigenvalue weighted by Gasteiger charge is 2.18. The summed E-state index contributed by atoms with van der Waals surface area (Å²) < 4.78 is 7.17. The van der Waals surface area contributed by atoms with Crippen molar-refractivity contribution < 1.29 is 9.53 Å². The average molecular weight is 389 g/mol. The topological polar surface area (TPSA) is 51.2 Å². The quantitative estimate of drug-likeness (QED) is 0.487. The lowest BCUT2D eigenvalue weighted by atomic mass is 10.2. The number of ether oxygens (including phenoxy) is 1. The van der Waals surface area contributed by atoms with E-state index in [0.29, 0.717) is 15.0 Å². The number of halogens is 1. The van der Waals surface area contributed by atoms with Gasteiger partial charge in [-0.25, -0.2) is 4.98 Å². The van der Waals surface area contributed by atoms with E-state index in [2.05, 4.69) is 10.3 Å². The molecule has 2 heterocycles. The second kappa shape index (κ2) is 6.29. The first-order valence-corrected chi connectivity index (χ1v) is 9.51. The maximum absolute atomic E-state index is 12.6. The number of aryl methyl sites for hydroxylation is 1. The molecule has 7 heteroatoms. The largest absolute Gasteiger partial charge is 0.497 e. The van der Waals surface area contributed by atoms with E-state index in [1.807, 2.05) is 43.3 Å². The Hall–Kier alpha value is -2.15. The van der Waals surface area contributed by atoms with Crippen molar-refractivity contribution in [3.63, 3.8) is 0 Å². The van der Waals surface area contributed by atoms with Gasteiger partial charge in [0, 0.05) is 10.1 Å². The van der Waals surface area contributed by atoms with Gasteiger partial charge >= 0.3 is 0 Å². The zero-order valence-corrected chi connectivity index (χ0v) is 15.8. The van der Waals surface area contributed by atoms with Crippen molar-refractivity contribution in [2.75, 3.05) is 12.4 Å². The van der Waals surface area contributed by atoms with Crippen LogP contribution in [0.25, 0.3) is 20.3 Å². The van der Waals surface area contributed by atoms with E-state index in [9.17, 15) is 4.79 Å². The van der Waals surface area contributed by atoms with Gasteiger partial charge in [0.05, 0.1) is 22.3 Å². The third kappa shape index (κ3) is 2.97. The first-order valence-electron chi connectivity index (χ1n) is 7.50. The number of anilines is 1. The lowest BCUT2D eigenvalue weighted by Gasteiger charge is -1.98. The van der Waals surface area contributed by atoms with Crippen LogP contribution in [0, 0.1) is 6.92 Å². The number of fused-ring (bicyclic) bond motifs is 2. The lowest BCUT2D eigenvalue weighted by molar-refractivity contribution is 0.103. The second-order valence-electron chi connectivity index (χ2n) is 5.55. The summed E-state index contributed by atoms with van der Waals surface area (Å²) >= 11 is 9.20. The van der Waals surface area contributed by atoms with Gasteiger partial charge in [0.25, 0.3) is 5.91 Å². The van der Waals surface area contributed by atoms with Crippen molar-refractivity contribution in [3.8, 4) is 5.75 Å². The van der Waals surface area contributed by atoms with Gasteiger partial charge < -0.3 is 4.74 Å². The predicted molar refractivity (Wildman–Crippen MR) is 106 cm³/mol. The van der Waals surface area contributed by atoms with E-state index in [0.717, 1.165) is 31.6 Å². The van der Waals surface area contributed by atoms with E-state index >= 15 is 0 Å². The van der Waals surface area contributed by atoms with Crippen LogP contribution in [0.4, 0.5) is 5.13 Å². The summed E-state index contributed by atoms with van der Waals surface area (Å²) in [5, 5.41) is 4.78. The number of hydrogen-bond acceptors (Lipinski definition) is 5. The Morgan fingerprint density at radius 2 is 2.00 bits per heavy atom. The SMILES string of the molecule is COc1ccc2nc(NC(=O)c3sc4cc(C)ccc4c3Cl)sc2c1. The minimum absolute atomic E-state index is 0.241. The minimum atomic E-state index is -0.241. The van der Waals surface area contributed by atoms with Gasteiger partial charge in [0.1, 0.15) is 10.6 Å². The first kappa shape index (κ1) is 16.3. The molecule has 0 aliphatic rings. The summed E-state index contributed by atoms with van der Waals surface area (Å²) in [6.45, 7) is 2.02. The molecule has 0 fully saturated rings. The van der Waals surface area contributed by atoms with Gasteiger partial charge in [-0.1, -0.05) is 35.1 Å². The highest BCUT2D eigenvalue weighted by atomic mass is 35.5. The molecule has 25 heavy (non-hydrogen) atoms. The third-order valence-electron chi connectivity index (χ3n) is 3.81. The van der Waals surface area contributed by atoms with E-state index in [4.69, 9.17) is 16.3 Å². The molecule has 2 aromatic carbocycles. The number of methoxy groups -OCH3 is 1. The van der Waals surface area contributed by atoms with Gasteiger partial charge in [-0.15, -0.1) is 11.3 Å². The Labute approximate surface area is 157 Å². The fraction of sp³-hybridized carbons (Fsp3) is 0.111. The van der Waals surface area contributed by atoms with Crippen LogP contribution in [0.3, 0.4) is 0 Å². The highest BCUT2D eigenvalue weighted by molar-refractivity contribution is 7.23. The number of carbonyl (C=O) groups excluding carboxylic acids is 1. The summed E-state index contributed by atoms with van der Waals surface area (Å²) in [6, 6.07) is 11.6. The number of amides is 1. The van der Waals surface area contributed by atoms with Gasteiger partial charge in [0.2, 0.25) is 0 Å². The van der Waals surface area contributed by atoms with E-state index in [1.165, 1.54) is 22.7 Å². The van der Waals surface area contributed by atoms with Crippen molar-refractivity contribution in [3.05, 3.63) is 51.9 Å². The Bertz CT molecular complexity index is 1120. The average Bonchev–Trinajstić information content (AvgIpc) is 3.14. The molecule has 0 saturated heterocycles. The fourth-order valence-electron chi connectivity index (χ4n) is 2.56. The highest BCUT2D eigenvalue weighted by Crippen LogP contribution is 2.37. The van der Waals surface area contributed by atoms with Crippen molar-refractivity contribution in [1.82, 2.24) is 4.98 Å². The van der Waals surface area contributed by atoms with Gasteiger partial charge in [-0.05, 0) is 36.8 Å². The predicted octanol–water partition coefficient (Wildman–Crippen LogP) is 5.73. The molecule has 1 amide bonds. The molecular formula is C18H13ClN2O2S2. The van der Waals surface area contributed by atoms with Crippen molar-refractivity contribution >= 4 is 65.6 Å². The summed E-state index contributed by atoms with van der Waals surface area (Å²) in [5.41, 5.74) is 1.96. The smallest absolute Gasteiger partial charge is 0.269 e. The molecule has 4 aromatic rings. The number of aromatic nitrogens is 1. The lowest BCUT2D eigenvalue weighted by Crippen LogP contribution is -2.10. The number of thiophene rings is 1. The van der Waals surface area contributed by atoms with Crippen molar-refractivity contribution in [2.45, 2.75) is 6.92 Å². The summed E-state index contributed by atoms with van der Waals surface area (Å²) in [5.74, 6) is 0.520. The van der Waals surface area contributed by atoms with Gasteiger partial charge in [-0.3, -0.25) is 10.1 Å². The van der Waals surface area contributed by atoms with Crippen LogP contribution < -0.4 is 10.1 Å². The van der Waals surface area contributed by atoms with Crippen LogP contribution >= 0.6 is 34.3 Å². The maximum atomic E-state index is 12.6. The number of benzene rings is 2. The van der Waals surface area contributed by atoms with Gasteiger partial charge in [0.15, 0.2) is 5.13 Å². The standard InChI is InChI=1S/C18H13ClN2O2S2/c1-9-3-5-11-13(7-9)24-16(15(11)19)17(22)21-18-20-12-6-4-10(23-2)8-14(12)25-18/h3-8H,1-2H3,(H,20,21,22). The monoisotopic (exact) mass is 388 g/mol. The van der Waals surface area contributed by atoms with Gasteiger partial charge in [-0.2, -0.15) is 0 Å². The summed E-state index contributed by atoms with van der Waals surface area (Å²) in [7, 11) is 1.62. The van der Waals surface area contributed by atoms with Crippen LogP contribution in [0.15, 0.2) is 36.4 Å². The van der Waals surface area contributed by atoms with E-state index in [-0.39, 0.29) is 5.91 Å². The molecule has 1 N–H and O–H groups in total. The zero-order chi connectivity index (χ0) is 17.6. The molecule has 0 spiro atoms. The molecule has 0 aliphatic carbocycles. The van der Waals surface area contributed by atoms with E-state index < -0.39 is 0 Å². The van der Waals surface area contributed by atoms with Crippen LogP contribution in [0.1, 0.15) is 15.2 Å². The van der Waals surface area contributed by atoms with E-state index in [1.54, 1.807) is 7.11 Å². The molecule has 0 saturated carbocycles. The second-order valence-corrected chi connectivity index (χ2v) is 8.01. The number of rotatable bonds is 3. The number of hydrogen-bond donors (Lipinski definition) is 1. The first-order chi connectivity index (χ1) is 12.0. The third-order valence-corrected chi connectivity index (χ3v) is 6.40. The number of nitrogens with one attached hydrogen (secondary N) is 1. The number of carbonyl (C=O) groups is 1. The Balaban J connectivity index is 1.66. The number of thiazole rings is 1. The Kier molecular flexibility index (Phi) is 4.11. The summed E-state index contributed by atoms with van der Waals surface area (Å²) in [6.07, 6.45) is 0. The molecule has 4 nitrogen and oxygen atoms in total. The van der Waals surface area contributed by atoms with Crippen molar-refractivity contribution in [2.24, 2.45) is 0 Å². The zero-order valence-electron chi connectivity index (χ0n) is 13.4. The van der Waals surface area contributed by atoms with Crippen LogP contribution in [-0.2, 0) is 0 Å². The molecule has 0 atom stereocenters. The summed E-state index contributed by atoms with van der Waals surface area (Å²) in [4.78, 5) is 17.6. The Morgan fingerprint density at radius 1 is 1.16 bits per heavy atom. The molecular weight excluding hydrogens is 376 g/mol.